The first-order chi connectivity index (χ1) is 15.2. The van der Waals surface area contributed by atoms with E-state index in [-0.39, 0.29) is 5.78 Å². The van der Waals surface area contributed by atoms with Gasteiger partial charge in [-0.2, -0.15) is 4.98 Å². The molecule has 3 aromatic rings. The lowest BCUT2D eigenvalue weighted by atomic mass is 9.90. The van der Waals surface area contributed by atoms with Crippen LogP contribution in [0.1, 0.15) is 55.7 Å². The van der Waals surface area contributed by atoms with Gasteiger partial charge in [0.15, 0.2) is 11.6 Å². The van der Waals surface area contributed by atoms with Gasteiger partial charge in [0, 0.05) is 49.7 Å². The molecule has 0 radical (unpaired) electrons. The van der Waals surface area contributed by atoms with E-state index in [0.29, 0.717) is 24.1 Å². The molecule has 4 rings (SSSR count). The number of piperazine rings is 1. The highest BCUT2D eigenvalue weighted by Crippen LogP contribution is 2.25. The molecule has 3 heterocycles. The van der Waals surface area contributed by atoms with Crippen molar-refractivity contribution in [1.82, 2.24) is 25.1 Å². The fourth-order valence-electron chi connectivity index (χ4n) is 4.66. The first-order valence-electron chi connectivity index (χ1n) is 11.7. The Labute approximate surface area is 184 Å². The number of aromatic nitrogens is 4. The Hall–Kier alpha value is -2.67. The minimum atomic E-state index is 0.0571. The number of Topliss-reactive ketones (excluding diaryl/α,β-unsaturated/α-hetero) is 1. The van der Waals surface area contributed by atoms with Crippen LogP contribution in [0, 0.1) is 5.92 Å². The molecule has 0 amide bonds. The van der Waals surface area contributed by atoms with Gasteiger partial charge in [0.05, 0.1) is 0 Å². The van der Waals surface area contributed by atoms with Crippen LogP contribution in [-0.2, 0) is 6.42 Å². The van der Waals surface area contributed by atoms with Crippen LogP contribution >= 0.6 is 0 Å². The van der Waals surface area contributed by atoms with Gasteiger partial charge in [-0.3, -0.25) is 14.8 Å². The highest BCUT2D eigenvalue weighted by molar-refractivity contribution is 5.93. The van der Waals surface area contributed by atoms with E-state index in [4.69, 9.17) is 0 Å². The third-order valence-corrected chi connectivity index (χ3v) is 6.29. The third-order valence-electron chi connectivity index (χ3n) is 6.29. The van der Waals surface area contributed by atoms with E-state index >= 15 is 0 Å². The molecule has 2 N–H and O–H groups in total. The van der Waals surface area contributed by atoms with Crippen LogP contribution in [0.25, 0.3) is 10.9 Å². The Bertz CT molecular complexity index is 985. The average Bonchev–Trinajstić information content (AvgIpc) is 3.43. The zero-order chi connectivity index (χ0) is 21.6. The number of H-pyrrole nitrogens is 2. The Morgan fingerprint density at radius 3 is 2.71 bits per heavy atom. The predicted molar refractivity (Wildman–Crippen MR) is 125 cm³/mol. The number of anilines is 1. The molecule has 2 aromatic heterocycles. The lowest BCUT2D eigenvalue weighted by molar-refractivity contribution is 0.0948. The van der Waals surface area contributed by atoms with Crippen molar-refractivity contribution in [3.8, 4) is 0 Å². The number of ketones is 1. The van der Waals surface area contributed by atoms with Crippen molar-refractivity contribution in [2.24, 2.45) is 5.92 Å². The molecule has 0 saturated carbocycles. The van der Waals surface area contributed by atoms with E-state index in [2.05, 4.69) is 68.2 Å². The summed E-state index contributed by atoms with van der Waals surface area (Å²) >= 11 is 0. The van der Waals surface area contributed by atoms with Crippen LogP contribution in [0.3, 0.4) is 0 Å². The van der Waals surface area contributed by atoms with E-state index in [1.165, 1.54) is 17.4 Å². The van der Waals surface area contributed by atoms with Gasteiger partial charge >= 0.3 is 0 Å². The van der Waals surface area contributed by atoms with Crippen LogP contribution in [0.2, 0.25) is 0 Å². The largest absolute Gasteiger partial charge is 0.361 e. The number of carbonyl (C=O) groups is 1. The fraction of sp³-hybridized carbons (Fsp3) is 0.542. The number of benzene rings is 1. The molecule has 0 bridgehead atoms. The second-order valence-corrected chi connectivity index (χ2v) is 8.66. The van der Waals surface area contributed by atoms with Gasteiger partial charge in [-0.1, -0.05) is 38.5 Å². The third kappa shape index (κ3) is 5.15. The number of nitrogens with zero attached hydrogens (tertiary/aromatic N) is 4. The molecule has 0 aliphatic carbocycles. The van der Waals surface area contributed by atoms with Crippen molar-refractivity contribution in [3.05, 3.63) is 41.9 Å². The molecule has 1 saturated heterocycles. The van der Waals surface area contributed by atoms with Crippen molar-refractivity contribution in [2.45, 2.75) is 46.0 Å². The molecule has 1 aromatic carbocycles. The van der Waals surface area contributed by atoms with Crippen molar-refractivity contribution >= 4 is 22.6 Å². The van der Waals surface area contributed by atoms with Crippen molar-refractivity contribution in [2.75, 3.05) is 37.6 Å². The number of rotatable bonds is 10. The molecule has 1 atom stereocenters. The molecule has 1 aliphatic rings. The van der Waals surface area contributed by atoms with Gasteiger partial charge in [0.2, 0.25) is 5.95 Å². The van der Waals surface area contributed by atoms with Gasteiger partial charge in [-0.05, 0) is 43.4 Å². The summed E-state index contributed by atoms with van der Waals surface area (Å²) in [6.07, 6.45) is 6.73. The summed E-state index contributed by atoms with van der Waals surface area (Å²) in [5.41, 5.74) is 2.43. The Kier molecular flexibility index (Phi) is 7.02. The monoisotopic (exact) mass is 422 g/mol. The summed E-state index contributed by atoms with van der Waals surface area (Å²) in [5, 5.41) is 8.50. The maximum atomic E-state index is 13.0. The number of carbonyl (C=O) groups excluding carboxylic acids is 1. The van der Waals surface area contributed by atoms with E-state index in [1.54, 1.807) is 0 Å². The predicted octanol–water partition coefficient (Wildman–Crippen LogP) is 4.05. The normalized spacial score (nSPS) is 16.1. The highest BCUT2D eigenvalue weighted by Gasteiger charge is 2.23. The van der Waals surface area contributed by atoms with Crippen LogP contribution in [0.5, 0.6) is 0 Å². The number of fused-ring (bicyclic) bond motifs is 1. The summed E-state index contributed by atoms with van der Waals surface area (Å²) < 4.78 is 0. The lowest BCUT2D eigenvalue weighted by Gasteiger charge is -2.33. The Balaban J connectivity index is 1.38. The first-order valence-corrected chi connectivity index (χ1v) is 11.7. The molecule has 1 unspecified atom stereocenters. The van der Waals surface area contributed by atoms with Crippen LogP contribution in [0.4, 0.5) is 5.95 Å². The molecular formula is C24H34N6O. The smallest absolute Gasteiger partial charge is 0.245 e. The van der Waals surface area contributed by atoms with Gasteiger partial charge in [0.1, 0.15) is 0 Å². The molecule has 7 nitrogen and oxygen atoms in total. The molecule has 1 aliphatic heterocycles. The molecule has 1 fully saturated rings. The van der Waals surface area contributed by atoms with Crippen molar-refractivity contribution in [3.63, 3.8) is 0 Å². The number of hydrogen-bond donors (Lipinski definition) is 2. The van der Waals surface area contributed by atoms with Crippen LogP contribution in [0.15, 0.2) is 30.5 Å². The summed E-state index contributed by atoms with van der Waals surface area (Å²) in [6, 6.07) is 8.35. The SMILES string of the molecule is CCCC(CC(=O)c1nc(N2CCN(CCC)CC2)n[nH]1)Cc1c[nH]c2ccccc12. The second kappa shape index (κ2) is 10.1. The molecule has 0 spiro atoms. The maximum absolute atomic E-state index is 13.0. The fourth-order valence-corrected chi connectivity index (χ4v) is 4.66. The summed E-state index contributed by atoms with van der Waals surface area (Å²) in [7, 11) is 0. The summed E-state index contributed by atoms with van der Waals surface area (Å²) in [4.78, 5) is 25.5. The highest BCUT2D eigenvalue weighted by atomic mass is 16.1. The zero-order valence-electron chi connectivity index (χ0n) is 18.7. The minimum Gasteiger partial charge on any atom is -0.361 e. The number of aromatic amines is 2. The molecule has 31 heavy (non-hydrogen) atoms. The number of hydrogen-bond acceptors (Lipinski definition) is 5. The lowest BCUT2D eigenvalue weighted by Crippen LogP contribution is -2.46. The van der Waals surface area contributed by atoms with E-state index in [9.17, 15) is 4.79 Å². The average molecular weight is 423 g/mol. The van der Waals surface area contributed by atoms with Crippen LogP contribution < -0.4 is 4.90 Å². The molecule has 7 heteroatoms. The topological polar surface area (TPSA) is 80.9 Å². The second-order valence-electron chi connectivity index (χ2n) is 8.66. The number of para-hydroxylation sites is 1. The van der Waals surface area contributed by atoms with Crippen molar-refractivity contribution in [1.29, 1.82) is 0 Å². The number of nitrogens with one attached hydrogen (secondary N) is 2. The minimum absolute atomic E-state index is 0.0571. The van der Waals surface area contributed by atoms with Gasteiger partial charge in [-0.15, -0.1) is 5.10 Å². The van der Waals surface area contributed by atoms with Gasteiger partial charge in [-0.25, -0.2) is 0 Å². The van der Waals surface area contributed by atoms with E-state index < -0.39 is 0 Å². The van der Waals surface area contributed by atoms with E-state index in [0.717, 1.165) is 57.5 Å². The van der Waals surface area contributed by atoms with Gasteiger partial charge in [0.25, 0.3) is 0 Å². The first kappa shape index (κ1) is 21.6. The summed E-state index contributed by atoms with van der Waals surface area (Å²) in [5.74, 6) is 1.40. The summed E-state index contributed by atoms with van der Waals surface area (Å²) in [6.45, 7) is 9.39. The molecular weight excluding hydrogens is 388 g/mol. The zero-order valence-corrected chi connectivity index (χ0v) is 18.7. The standard InChI is InChI=1S/C24H34N6O/c1-3-7-18(15-19-17-25-21-9-6-5-8-20(19)21)16-22(31)23-26-24(28-27-23)30-13-11-29(10-4-2)12-14-30/h5-6,8-9,17-18,25H,3-4,7,10-16H2,1-2H3,(H,26,27,28). The molecule has 166 valence electrons. The maximum Gasteiger partial charge on any atom is 0.245 e. The quantitative estimate of drug-likeness (QED) is 0.482. The Morgan fingerprint density at radius 2 is 1.94 bits per heavy atom. The van der Waals surface area contributed by atoms with E-state index in [1.807, 2.05) is 6.07 Å². The van der Waals surface area contributed by atoms with Crippen molar-refractivity contribution < 1.29 is 4.79 Å². The van der Waals surface area contributed by atoms with Gasteiger partial charge < -0.3 is 9.88 Å². The van der Waals surface area contributed by atoms with Crippen LogP contribution in [-0.4, -0.2) is 63.6 Å². The Morgan fingerprint density at radius 1 is 1.13 bits per heavy atom.